The van der Waals surface area contributed by atoms with Gasteiger partial charge >= 0.3 is 0 Å². The Hall–Kier alpha value is -3.42. The summed E-state index contributed by atoms with van der Waals surface area (Å²) in [4.78, 5) is 32.9. The van der Waals surface area contributed by atoms with Crippen molar-refractivity contribution in [3.05, 3.63) is 69.8 Å². The van der Waals surface area contributed by atoms with Crippen molar-refractivity contribution in [1.29, 1.82) is 0 Å². The van der Waals surface area contributed by atoms with Crippen molar-refractivity contribution >= 4 is 23.6 Å². The maximum Gasteiger partial charge on any atom is 0.291 e. The molecule has 1 aromatic carbocycles. The minimum atomic E-state index is -1.63. The van der Waals surface area contributed by atoms with Crippen LogP contribution in [0.25, 0.3) is 6.08 Å². The van der Waals surface area contributed by atoms with E-state index >= 15 is 0 Å². The molecule has 0 unspecified atom stereocenters. The minimum absolute atomic E-state index is 0.0776. The molecule has 1 amide bonds. The maximum absolute atomic E-state index is 11.7. The standard InChI is InChI=1S/C14H10N2O6/c17-13(12-5-2-6-22-12)15-11(14(18)19)8-9-3-1-4-10(7-9)16(20)21/h1-8H,(H,15,17)(H,18,19)/p-1/b11-8-. The van der Waals surface area contributed by atoms with E-state index in [0.29, 0.717) is 0 Å². The Balaban J connectivity index is 2.27. The van der Waals surface area contributed by atoms with Crippen LogP contribution in [0.2, 0.25) is 0 Å². The van der Waals surface area contributed by atoms with E-state index in [2.05, 4.69) is 5.32 Å². The average molecular weight is 301 g/mol. The molecule has 0 radical (unpaired) electrons. The Morgan fingerprint density at radius 2 is 2.00 bits per heavy atom. The number of nitro groups is 1. The summed E-state index contributed by atoms with van der Waals surface area (Å²) in [5, 5.41) is 23.9. The fraction of sp³-hybridized carbons (Fsp3) is 0. The van der Waals surface area contributed by atoms with Gasteiger partial charge in [0, 0.05) is 12.1 Å². The maximum atomic E-state index is 11.7. The lowest BCUT2D eigenvalue weighted by molar-refractivity contribution is -0.384. The van der Waals surface area contributed by atoms with E-state index in [1.807, 2.05) is 0 Å². The van der Waals surface area contributed by atoms with Crippen LogP contribution in [0.15, 0.2) is 52.8 Å². The summed E-state index contributed by atoms with van der Waals surface area (Å²) < 4.78 is 4.83. The van der Waals surface area contributed by atoms with Crippen LogP contribution in [0, 0.1) is 10.1 Å². The third-order valence-electron chi connectivity index (χ3n) is 2.61. The van der Waals surface area contributed by atoms with Crippen LogP contribution in [0.1, 0.15) is 16.1 Å². The number of hydrogen-bond donors (Lipinski definition) is 1. The summed E-state index contributed by atoms with van der Waals surface area (Å²) in [6.07, 6.45) is 2.32. The first-order valence-corrected chi connectivity index (χ1v) is 6.00. The molecule has 1 N–H and O–H groups in total. The monoisotopic (exact) mass is 301 g/mol. The van der Waals surface area contributed by atoms with Crippen LogP contribution in [0.5, 0.6) is 0 Å². The second-order valence-electron chi connectivity index (χ2n) is 4.13. The Labute approximate surface area is 123 Å². The number of non-ortho nitro benzene ring substituents is 1. The number of amides is 1. The molecule has 2 rings (SSSR count). The van der Waals surface area contributed by atoms with Gasteiger partial charge in [-0.2, -0.15) is 0 Å². The predicted molar refractivity (Wildman–Crippen MR) is 72.3 cm³/mol. The molecule has 0 atom stereocenters. The van der Waals surface area contributed by atoms with E-state index in [1.165, 1.54) is 42.7 Å². The van der Waals surface area contributed by atoms with Crippen molar-refractivity contribution in [2.24, 2.45) is 0 Å². The number of nitrogens with zero attached hydrogens (tertiary/aromatic N) is 1. The number of benzene rings is 1. The number of carboxylic acids is 1. The van der Waals surface area contributed by atoms with Crippen LogP contribution >= 0.6 is 0 Å². The summed E-state index contributed by atoms with van der Waals surface area (Å²) in [5.41, 5.74) is -0.515. The highest BCUT2D eigenvalue weighted by Crippen LogP contribution is 2.15. The molecule has 0 aliphatic carbocycles. The first-order chi connectivity index (χ1) is 10.5. The average Bonchev–Trinajstić information content (AvgIpc) is 3.01. The molecule has 0 aliphatic rings. The Morgan fingerprint density at radius 1 is 1.23 bits per heavy atom. The van der Waals surface area contributed by atoms with Gasteiger partial charge in [-0.15, -0.1) is 0 Å². The second kappa shape index (κ2) is 6.35. The van der Waals surface area contributed by atoms with E-state index in [1.54, 1.807) is 0 Å². The normalized spacial score (nSPS) is 11.0. The number of nitro benzene ring substituents is 1. The number of carbonyl (C=O) groups is 2. The van der Waals surface area contributed by atoms with E-state index in [9.17, 15) is 24.8 Å². The van der Waals surface area contributed by atoms with Gasteiger partial charge in [0.25, 0.3) is 11.6 Å². The molecule has 8 nitrogen and oxygen atoms in total. The van der Waals surface area contributed by atoms with Crippen LogP contribution in [-0.2, 0) is 4.79 Å². The lowest BCUT2D eigenvalue weighted by Gasteiger charge is -2.09. The van der Waals surface area contributed by atoms with E-state index in [-0.39, 0.29) is 17.0 Å². The molecular formula is C14H9N2O6-. The van der Waals surface area contributed by atoms with E-state index in [4.69, 9.17) is 4.42 Å². The number of furan rings is 1. The predicted octanol–water partition coefficient (Wildman–Crippen LogP) is 0.709. The molecule has 0 saturated heterocycles. The van der Waals surface area contributed by atoms with Crippen LogP contribution in [0.3, 0.4) is 0 Å². The van der Waals surface area contributed by atoms with E-state index in [0.717, 1.165) is 6.08 Å². The second-order valence-corrected chi connectivity index (χ2v) is 4.13. The number of carboxylic acid groups (broad SMARTS) is 1. The van der Waals surface area contributed by atoms with Gasteiger partial charge in [0.1, 0.15) is 0 Å². The topological polar surface area (TPSA) is 126 Å². The number of rotatable bonds is 5. The lowest BCUT2D eigenvalue weighted by atomic mass is 10.1. The largest absolute Gasteiger partial charge is 0.543 e. The molecule has 112 valence electrons. The molecular weight excluding hydrogens is 292 g/mol. The summed E-state index contributed by atoms with van der Waals surface area (Å²) in [5.74, 6) is -2.48. The number of carbonyl (C=O) groups excluding carboxylic acids is 2. The molecule has 0 fully saturated rings. The van der Waals surface area contributed by atoms with Gasteiger partial charge in [0.2, 0.25) is 0 Å². The summed E-state index contributed by atoms with van der Waals surface area (Å²) >= 11 is 0. The molecule has 0 aliphatic heterocycles. The van der Waals surface area contributed by atoms with Gasteiger partial charge in [-0.3, -0.25) is 14.9 Å². The summed E-state index contributed by atoms with van der Waals surface area (Å²) in [7, 11) is 0. The van der Waals surface area contributed by atoms with Crippen molar-refractivity contribution in [3.63, 3.8) is 0 Å². The van der Waals surface area contributed by atoms with Crippen molar-refractivity contribution < 1.29 is 24.0 Å². The number of hydrogen-bond acceptors (Lipinski definition) is 6. The molecule has 1 heterocycles. The van der Waals surface area contributed by atoms with Gasteiger partial charge in [-0.05, 0) is 23.8 Å². The first kappa shape index (κ1) is 15.0. The van der Waals surface area contributed by atoms with Crippen LogP contribution in [0.4, 0.5) is 5.69 Å². The smallest absolute Gasteiger partial charge is 0.291 e. The summed E-state index contributed by atoms with van der Waals surface area (Å²) in [6, 6.07) is 8.10. The van der Waals surface area contributed by atoms with Gasteiger partial charge in [0.05, 0.1) is 22.9 Å². The third-order valence-corrected chi connectivity index (χ3v) is 2.61. The molecule has 8 heteroatoms. The highest BCUT2D eigenvalue weighted by atomic mass is 16.6. The fourth-order valence-electron chi connectivity index (χ4n) is 1.63. The van der Waals surface area contributed by atoms with Crippen molar-refractivity contribution in [1.82, 2.24) is 5.32 Å². The van der Waals surface area contributed by atoms with Gasteiger partial charge in [0.15, 0.2) is 5.76 Å². The van der Waals surface area contributed by atoms with E-state index < -0.39 is 22.5 Å². The molecule has 0 bridgehead atoms. The first-order valence-electron chi connectivity index (χ1n) is 6.00. The highest BCUT2D eigenvalue weighted by Gasteiger charge is 2.12. The van der Waals surface area contributed by atoms with Gasteiger partial charge < -0.3 is 19.6 Å². The van der Waals surface area contributed by atoms with Crippen LogP contribution in [-0.4, -0.2) is 16.8 Å². The zero-order chi connectivity index (χ0) is 16.1. The number of nitrogens with one attached hydrogen (secondary N) is 1. The van der Waals surface area contributed by atoms with Crippen LogP contribution < -0.4 is 10.4 Å². The third kappa shape index (κ3) is 3.57. The van der Waals surface area contributed by atoms with Crippen molar-refractivity contribution in [2.45, 2.75) is 0 Å². The molecule has 0 saturated carbocycles. The molecule has 2 aromatic rings. The Kier molecular flexibility index (Phi) is 4.33. The fourth-order valence-corrected chi connectivity index (χ4v) is 1.63. The zero-order valence-corrected chi connectivity index (χ0v) is 11.0. The Bertz CT molecular complexity index is 748. The highest BCUT2D eigenvalue weighted by molar-refractivity contribution is 6.00. The SMILES string of the molecule is O=C([O-])/C(=C/c1cccc([N+](=O)[O-])c1)NC(=O)c1ccco1. The lowest BCUT2D eigenvalue weighted by Crippen LogP contribution is -2.35. The zero-order valence-electron chi connectivity index (χ0n) is 11.0. The van der Waals surface area contributed by atoms with Crippen molar-refractivity contribution in [2.75, 3.05) is 0 Å². The van der Waals surface area contributed by atoms with Gasteiger partial charge in [-0.25, -0.2) is 0 Å². The number of aliphatic carboxylic acids is 1. The summed E-state index contributed by atoms with van der Waals surface area (Å²) in [6.45, 7) is 0. The minimum Gasteiger partial charge on any atom is -0.543 e. The molecule has 22 heavy (non-hydrogen) atoms. The quantitative estimate of drug-likeness (QED) is 0.492. The van der Waals surface area contributed by atoms with Crippen molar-refractivity contribution in [3.8, 4) is 0 Å². The van der Waals surface area contributed by atoms with Gasteiger partial charge in [-0.1, -0.05) is 12.1 Å². The molecule has 1 aromatic heterocycles. The Morgan fingerprint density at radius 3 is 2.59 bits per heavy atom. The molecule has 0 spiro atoms.